The molecule has 7 heteroatoms. The van der Waals surface area contributed by atoms with Crippen LogP contribution < -0.4 is 10.2 Å². The molecule has 1 N–H and O–H groups in total. The first kappa shape index (κ1) is 15.4. The number of hydrogen-bond acceptors (Lipinski definition) is 7. The molecule has 1 aliphatic rings. The van der Waals surface area contributed by atoms with Crippen LogP contribution in [0.2, 0.25) is 0 Å². The van der Waals surface area contributed by atoms with Crippen molar-refractivity contribution in [3.05, 3.63) is 36.2 Å². The van der Waals surface area contributed by atoms with E-state index >= 15 is 0 Å². The van der Waals surface area contributed by atoms with Gasteiger partial charge in [0.1, 0.15) is 0 Å². The number of carbonyl (C=O) groups excluding carboxylic acids is 1. The number of ether oxygens (including phenoxy) is 1. The largest absolute Gasteiger partial charge is 0.378 e. The molecule has 7 nitrogen and oxygen atoms in total. The molecule has 0 spiro atoms. The van der Waals surface area contributed by atoms with Crippen molar-refractivity contribution >= 4 is 23.4 Å². The molecule has 1 aromatic heterocycles. The molecule has 23 heavy (non-hydrogen) atoms. The SMILES string of the molecule is CCC(=O)c1nc(Nc2ccccc2)nc(N2CCOCC2)n1. The first-order chi connectivity index (χ1) is 11.3. The number of morpholine rings is 1. The predicted molar refractivity (Wildman–Crippen MR) is 87.2 cm³/mol. The standard InChI is InChI=1S/C16H19N5O2/c1-2-13(22)14-18-15(17-12-6-4-3-5-7-12)20-16(19-14)21-8-10-23-11-9-21/h3-7H,2,8-11H2,1H3,(H,17,18,19,20). The van der Waals surface area contributed by atoms with E-state index in [0.29, 0.717) is 44.6 Å². The maximum absolute atomic E-state index is 12.0. The summed E-state index contributed by atoms with van der Waals surface area (Å²) in [6, 6.07) is 9.61. The number of carbonyl (C=O) groups is 1. The van der Waals surface area contributed by atoms with Crippen LogP contribution in [0.4, 0.5) is 17.6 Å². The summed E-state index contributed by atoms with van der Waals surface area (Å²) in [5, 5.41) is 3.13. The van der Waals surface area contributed by atoms with Gasteiger partial charge in [0.25, 0.3) is 0 Å². The highest BCUT2D eigenvalue weighted by atomic mass is 16.5. The number of nitrogens with zero attached hydrogens (tertiary/aromatic N) is 4. The third kappa shape index (κ3) is 3.81. The first-order valence-electron chi connectivity index (χ1n) is 7.70. The van der Waals surface area contributed by atoms with Crippen molar-refractivity contribution < 1.29 is 9.53 Å². The van der Waals surface area contributed by atoms with E-state index in [-0.39, 0.29) is 11.6 Å². The number of nitrogens with one attached hydrogen (secondary N) is 1. The molecule has 0 aliphatic carbocycles. The number of Topliss-reactive ketones (excluding diaryl/α,β-unsaturated/α-hetero) is 1. The Morgan fingerprint density at radius 3 is 2.61 bits per heavy atom. The molecule has 0 bridgehead atoms. The van der Waals surface area contributed by atoms with Gasteiger partial charge in [0, 0.05) is 25.2 Å². The van der Waals surface area contributed by atoms with Gasteiger partial charge in [-0.3, -0.25) is 4.79 Å². The maximum Gasteiger partial charge on any atom is 0.232 e. The summed E-state index contributed by atoms with van der Waals surface area (Å²) in [6.45, 7) is 4.46. The number of hydrogen-bond donors (Lipinski definition) is 1. The van der Waals surface area contributed by atoms with Crippen molar-refractivity contribution in [1.29, 1.82) is 0 Å². The molecule has 3 rings (SSSR count). The second-order valence-corrected chi connectivity index (χ2v) is 5.15. The van der Waals surface area contributed by atoms with Gasteiger partial charge >= 0.3 is 0 Å². The van der Waals surface area contributed by atoms with Crippen LogP contribution in [-0.4, -0.2) is 47.0 Å². The van der Waals surface area contributed by atoms with E-state index in [0.717, 1.165) is 5.69 Å². The quantitative estimate of drug-likeness (QED) is 0.846. The van der Waals surface area contributed by atoms with Crippen molar-refractivity contribution in [2.24, 2.45) is 0 Å². The number of benzene rings is 1. The minimum atomic E-state index is -0.0991. The van der Waals surface area contributed by atoms with E-state index in [1.807, 2.05) is 35.2 Å². The van der Waals surface area contributed by atoms with Gasteiger partial charge < -0.3 is 15.0 Å². The summed E-state index contributed by atoms with van der Waals surface area (Å²) < 4.78 is 5.35. The highest BCUT2D eigenvalue weighted by molar-refractivity contribution is 5.92. The van der Waals surface area contributed by atoms with Crippen LogP contribution in [0.1, 0.15) is 24.0 Å². The molecule has 120 valence electrons. The lowest BCUT2D eigenvalue weighted by Gasteiger charge is -2.27. The second-order valence-electron chi connectivity index (χ2n) is 5.15. The number of anilines is 3. The fraction of sp³-hybridized carbons (Fsp3) is 0.375. The van der Waals surface area contributed by atoms with Crippen LogP contribution in [0, 0.1) is 0 Å². The van der Waals surface area contributed by atoms with Crippen molar-refractivity contribution in [3.63, 3.8) is 0 Å². The van der Waals surface area contributed by atoms with Crippen LogP contribution in [0.25, 0.3) is 0 Å². The van der Waals surface area contributed by atoms with Crippen LogP contribution in [-0.2, 0) is 4.74 Å². The molecular formula is C16H19N5O2. The lowest BCUT2D eigenvalue weighted by Crippen LogP contribution is -2.37. The van der Waals surface area contributed by atoms with Gasteiger partial charge in [-0.1, -0.05) is 25.1 Å². The molecule has 1 saturated heterocycles. The van der Waals surface area contributed by atoms with Crippen molar-refractivity contribution in [3.8, 4) is 0 Å². The maximum atomic E-state index is 12.0. The van der Waals surface area contributed by atoms with Crippen LogP contribution in [0.3, 0.4) is 0 Å². The molecule has 0 atom stereocenters. The summed E-state index contributed by atoms with van der Waals surface area (Å²) in [5.41, 5.74) is 0.863. The summed E-state index contributed by atoms with van der Waals surface area (Å²) in [6.07, 6.45) is 0.358. The van der Waals surface area contributed by atoms with E-state index in [1.165, 1.54) is 0 Å². The Kier molecular flexibility index (Phi) is 4.77. The zero-order chi connectivity index (χ0) is 16.1. The summed E-state index contributed by atoms with van der Waals surface area (Å²) in [4.78, 5) is 27.1. The molecule has 2 heterocycles. The van der Waals surface area contributed by atoms with Crippen LogP contribution in [0.5, 0.6) is 0 Å². The molecule has 0 saturated carbocycles. The minimum Gasteiger partial charge on any atom is -0.378 e. The van der Waals surface area contributed by atoms with Gasteiger partial charge in [-0.15, -0.1) is 0 Å². The Balaban J connectivity index is 1.92. The Morgan fingerprint density at radius 2 is 1.91 bits per heavy atom. The molecule has 1 aliphatic heterocycles. The Morgan fingerprint density at radius 1 is 1.17 bits per heavy atom. The fourth-order valence-electron chi connectivity index (χ4n) is 2.26. The van der Waals surface area contributed by atoms with Gasteiger partial charge in [0.2, 0.25) is 17.7 Å². The van der Waals surface area contributed by atoms with E-state index in [4.69, 9.17) is 4.74 Å². The molecule has 0 radical (unpaired) electrons. The monoisotopic (exact) mass is 313 g/mol. The van der Waals surface area contributed by atoms with Crippen LogP contribution in [0.15, 0.2) is 30.3 Å². The smallest absolute Gasteiger partial charge is 0.232 e. The van der Waals surface area contributed by atoms with Gasteiger partial charge in [0.05, 0.1) is 13.2 Å². The molecule has 0 amide bonds. The zero-order valence-electron chi connectivity index (χ0n) is 13.0. The number of ketones is 1. The van der Waals surface area contributed by atoms with Gasteiger partial charge in [0.15, 0.2) is 5.78 Å². The average molecular weight is 313 g/mol. The number of aromatic nitrogens is 3. The molecule has 1 fully saturated rings. The third-order valence-corrected chi connectivity index (χ3v) is 3.52. The van der Waals surface area contributed by atoms with E-state index in [1.54, 1.807) is 6.92 Å². The van der Waals surface area contributed by atoms with Gasteiger partial charge in [-0.05, 0) is 12.1 Å². The summed E-state index contributed by atoms with van der Waals surface area (Å²) in [5.74, 6) is 0.989. The highest BCUT2D eigenvalue weighted by Crippen LogP contribution is 2.17. The molecule has 0 unspecified atom stereocenters. The predicted octanol–water partition coefficient (Wildman–Crippen LogP) is 2.04. The van der Waals surface area contributed by atoms with Crippen molar-refractivity contribution in [1.82, 2.24) is 15.0 Å². The second kappa shape index (κ2) is 7.15. The first-order valence-corrected chi connectivity index (χ1v) is 7.70. The lowest BCUT2D eigenvalue weighted by atomic mass is 10.3. The van der Waals surface area contributed by atoms with Gasteiger partial charge in [-0.2, -0.15) is 15.0 Å². The van der Waals surface area contributed by atoms with Crippen molar-refractivity contribution in [2.75, 3.05) is 36.5 Å². The van der Waals surface area contributed by atoms with E-state index in [9.17, 15) is 4.79 Å². The Labute approximate surface area is 134 Å². The Bertz CT molecular complexity index is 671. The number of rotatable bonds is 5. The average Bonchev–Trinajstić information content (AvgIpc) is 2.62. The number of para-hydroxylation sites is 1. The zero-order valence-corrected chi connectivity index (χ0v) is 13.0. The minimum absolute atomic E-state index is 0.0991. The van der Waals surface area contributed by atoms with E-state index < -0.39 is 0 Å². The highest BCUT2D eigenvalue weighted by Gasteiger charge is 2.18. The van der Waals surface area contributed by atoms with Gasteiger partial charge in [-0.25, -0.2) is 0 Å². The van der Waals surface area contributed by atoms with Crippen molar-refractivity contribution in [2.45, 2.75) is 13.3 Å². The topological polar surface area (TPSA) is 80.2 Å². The summed E-state index contributed by atoms with van der Waals surface area (Å²) >= 11 is 0. The fourth-order valence-corrected chi connectivity index (χ4v) is 2.26. The molecule has 2 aromatic rings. The van der Waals surface area contributed by atoms with E-state index in [2.05, 4.69) is 20.3 Å². The lowest BCUT2D eigenvalue weighted by molar-refractivity contribution is 0.0977. The Hall–Kier alpha value is -2.54. The summed E-state index contributed by atoms with van der Waals surface area (Å²) in [7, 11) is 0. The molecular weight excluding hydrogens is 294 g/mol. The normalized spacial score (nSPS) is 14.6. The van der Waals surface area contributed by atoms with Crippen LogP contribution >= 0.6 is 0 Å². The molecule has 1 aromatic carbocycles. The third-order valence-electron chi connectivity index (χ3n) is 3.52.